The van der Waals surface area contributed by atoms with E-state index in [0.29, 0.717) is 18.6 Å². The molecule has 2 N–H and O–H groups in total. The highest BCUT2D eigenvalue weighted by molar-refractivity contribution is 14.0. The first-order valence-electron chi connectivity index (χ1n) is 9.27. The Balaban J connectivity index is 0.00000312. The van der Waals surface area contributed by atoms with Crippen molar-refractivity contribution in [1.82, 2.24) is 15.6 Å². The lowest BCUT2D eigenvalue weighted by atomic mass is 10.2. The number of guanidine groups is 1. The van der Waals surface area contributed by atoms with E-state index in [2.05, 4.69) is 46.8 Å². The second-order valence-electron chi connectivity index (χ2n) is 6.57. The number of halogens is 1. The summed E-state index contributed by atoms with van der Waals surface area (Å²) in [5.74, 6) is 1.34. The van der Waals surface area contributed by atoms with Crippen LogP contribution in [-0.4, -0.2) is 36.7 Å². The summed E-state index contributed by atoms with van der Waals surface area (Å²) in [5.41, 5.74) is 1.16. The van der Waals surface area contributed by atoms with Crippen molar-refractivity contribution >= 4 is 41.3 Å². The smallest absolute Gasteiger partial charge is 0.191 e. The van der Waals surface area contributed by atoms with E-state index in [1.54, 1.807) is 11.3 Å². The van der Waals surface area contributed by atoms with Gasteiger partial charge in [0, 0.05) is 25.1 Å². The molecule has 7 heteroatoms. The van der Waals surface area contributed by atoms with Crippen LogP contribution in [0, 0.1) is 0 Å². The number of nitrogens with one attached hydrogen (secondary N) is 2. The molecule has 1 aliphatic carbocycles. The zero-order valence-corrected chi connectivity index (χ0v) is 18.9. The predicted octanol–water partition coefficient (Wildman–Crippen LogP) is 4.29. The highest BCUT2D eigenvalue weighted by Gasteiger charge is 2.14. The first kappa shape index (κ1) is 22.6. The van der Waals surface area contributed by atoms with Gasteiger partial charge in [0.15, 0.2) is 5.96 Å². The Hall–Kier alpha value is -0.410. The van der Waals surface area contributed by atoms with Gasteiger partial charge in [0.2, 0.25) is 0 Å². The van der Waals surface area contributed by atoms with Gasteiger partial charge in [-0.15, -0.1) is 35.3 Å². The first-order valence-corrected chi connectivity index (χ1v) is 10.1. The lowest BCUT2D eigenvalue weighted by molar-refractivity contribution is 0.0574. The lowest BCUT2D eigenvalue weighted by Crippen LogP contribution is -2.38. The van der Waals surface area contributed by atoms with Gasteiger partial charge in [0.25, 0.3) is 0 Å². The number of rotatable bonds is 9. The topological polar surface area (TPSA) is 58.5 Å². The van der Waals surface area contributed by atoms with Gasteiger partial charge in [0.05, 0.1) is 18.3 Å². The number of ether oxygens (including phenoxy) is 1. The van der Waals surface area contributed by atoms with Crippen molar-refractivity contribution in [2.45, 2.75) is 71.4 Å². The van der Waals surface area contributed by atoms with E-state index in [1.165, 1.54) is 25.7 Å². The number of aliphatic imine (C=N–C) groups is 1. The average molecular weight is 480 g/mol. The number of nitrogens with zero attached hydrogens (tertiary/aromatic N) is 2. The van der Waals surface area contributed by atoms with Gasteiger partial charge in [0.1, 0.15) is 5.01 Å². The van der Waals surface area contributed by atoms with Crippen LogP contribution in [0.2, 0.25) is 0 Å². The Kier molecular flexibility index (Phi) is 11.6. The number of hydrogen-bond acceptors (Lipinski definition) is 4. The zero-order valence-electron chi connectivity index (χ0n) is 15.7. The summed E-state index contributed by atoms with van der Waals surface area (Å²) < 4.78 is 5.89. The van der Waals surface area contributed by atoms with Crippen molar-refractivity contribution in [3.63, 3.8) is 0 Å². The average Bonchev–Trinajstić information content (AvgIpc) is 3.23. The molecule has 1 saturated carbocycles. The molecule has 144 valence electrons. The van der Waals surface area contributed by atoms with Gasteiger partial charge in [-0.05, 0) is 32.1 Å². The molecule has 5 nitrogen and oxygen atoms in total. The van der Waals surface area contributed by atoms with Crippen molar-refractivity contribution in [2.75, 3.05) is 19.7 Å². The third-order valence-electron chi connectivity index (χ3n) is 4.15. The summed E-state index contributed by atoms with van der Waals surface area (Å²) >= 11 is 1.69. The summed E-state index contributed by atoms with van der Waals surface area (Å²) in [6.07, 6.45) is 6.65. The van der Waals surface area contributed by atoms with E-state index < -0.39 is 0 Å². The van der Waals surface area contributed by atoms with Crippen LogP contribution in [0.1, 0.15) is 69.5 Å². The third-order valence-corrected chi connectivity index (χ3v) is 5.00. The molecule has 0 atom stereocenters. The van der Waals surface area contributed by atoms with Crippen LogP contribution in [0.5, 0.6) is 0 Å². The molecule has 0 unspecified atom stereocenters. The molecule has 0 radical (unpaired) electrons. The molecule has 0 spiro atoms. The maximum Gasteiger partial charge on any atom is 0.191 e. The predicted molar refractivity (Wildman–Crippen MR) is 117 cm³/mol. The molecule has 0 aromatic carbocycles. The summed E-state index contributed by atoms with van der Waals surface area (Å²) in [4.78, 5) is 9.26. The van der Waals surface area contributed by atoms with Crippen molar-refractivity contribution in [2.24, 2.45) is 4.99 Å². The van der Waals surface area contributed by atoms with Gasteiger partial charge < -0.3 is 15.4 Å². The summed E-state index contributed by atoms with van der Waals surface area (Å²) in [6, 6.07) is 0. The van der Waals surface area contributed by atoms with Gasteiger partial charge in [-0.25, -0.2) is 9.98 Å². The first-order chi connectivity index (χ1) is 11.7. The zero-order chi connectivity index (χ0) is 17.2. The molecule has 0 aliphatic heterocycles. The number of hydrogen-bond donors (Lipinski definition) is 2. The number of aromatic nitrogens is 1. The maximum atomic E-state index is 5.89. The molecule has 0 amide bonds. The minimum atomic E-state index is 0. The van der Waals surface area contributed by atoms with E-state index >= 15 is 0 Å². The van der Waals surface area contributed by atoms with Crippen LogP contribution in [0.3, 0.4) is 0 Å². The second kappa shape index (κ2) is 12.9. The van der Waals surface area contributed by atoms with Crippen LogP contribution in [0.15, 0.2) is 10.4 Å². The molecular formula is C18H33IN4OS. The van der Waals surface area contributed by atoms with E-state index in [4.69, 9.17) is 4.74 Å². The van der Waals surface area contributed by atoms with E-state index in [1.807, 2.05) is 0 Å². The molecule has 0 saturated heterocycles. The number of thiazole rings is 1. The van der Waals surface area contributed by atoms with Gasteiger partial charge in [-0.3, -0.25) is 0 Å². The minimum absolute atomic E-state index is 0. The van der Waals surface area contributed by atoms with Crippen LogP contribution >= 0.6 is 35.3 Å². The summed E-state index contributed by atoms with van der Waals surface area (Å²) in [6.45, 7) is 9.63. The minimum Gasteiger partial charge on any atom is -0.378 e. The fourth-order valence-electron chi connectivity index (χ4n) is 2.74. The quantitative estimate of drug-likeness (QED) is 0.240. The van der Waals surface area contributed by atoms with Crippen LogP contribution < -0.4 is 10.6 Å². The second-order valence-corrected chi connectivity index (χ2v) is 7.52. The van der Waals surface area contributed by atoms with Gasteiger partial charge in [-0.1, -0.05) is 26.7 Å². The van der Waals surface area contributed by atoms with Crippen molar-refractivity contribution < 1.29 is 4.74 Å². The van der Waals surface area contributed by atoms with Crippen LogP contribution in [0.25, 0.3) is 0 Å². The largest absolute Gasteiger partial charge is 0.378 e. The molecule has 1 aromatic heterocycles. The molecular weight excluding hydrogens is 447 g/mol. The Morgan fingerprint density at radius 3 is 2.76 bits per heavy atom. The molecule has 1 heterocycles. The Morgan fingerprint density at radius 2 is 2.12 bits per heavy atom. The van der Waals surface area contributed by atoms with Gasteiger partial charge in [-0.2, -0.15) is 0 Å². The van der Waals surface area contributed by atoms with Gasteiger partial charge >= 0.3 is 0 Å². The van der Waals surface area contributed by atoms with Crippen LogP contribution in [0.4, 0.5) is 0 Å². The van der Waals surface area contributed by atoms with Crippen molar-refractivity contribution in [3.8, 4) is 0 Å². The molecule has 1 aromatic rings. The summed E-state index contributed by atoms with van der Waals surface area (Å²) in [5, 5.41) is 9.88. The highest BCUT2D eigenvalue weighted by atomic mass is 127. The highest BCUT2D eigenvalue weighted by Crippen LogP contribution is 2.20. The third kappa shape index (κ3) is 8.68. The molecule has 2 rings (SSSR count). The Bertz CT molecular complexity index is 501. The SMILES string of the molecule is CCNC(=NCc1nc(C(C)C)cs1)NCCCOC1CCCC1.I. The molecule has 1 fully saturated rings. The molecule has 25 heavy (non-hydrogen) atoms. The molecule has 1 aliphatic rings. The summed E-state index contributed by atoms with van der Waals surface area (Å²) in [7, 11) is 0. The monoisotopic (exact) mass is 480 g/mol. The van der Waals surface area contributed by atoms with E-state index in [0.717, 1.165) is 42.8 Å². The Morgan fingerprint density at radius 1 is 1.36 bits per heavy atom. The van der Waals surface area contributed by atoms with Crippen molar-refractivity contribution in [1.29, 1.82) is 0 Å². The lowest BCUT2D eigenvalue weighted by Gasteiger charge is -2.13. The normalized spacial score (nSPS) is 15.4. The van der Waals surface area contributed by atoms with E-state index in [-0.39, 0.29) is 24.0 Å². The van der Waals surface area contributed by atoms with Crippen molar-refractivity contribution in [3.05, 3.63) is 16.1 Å². The maximum absolute atomic E-state index is 5.89. The Labute approximate surface area is 173 Å². The molecule has 0 bridgehead atoms. The van der Waals surface area contributed by atoms with Crippen LogP contribution in [-0.2, 0) is 11.3 Å². The fraction of sp³-hybridized carbons (Fsp3) is 0.778. The fourth-order valence-corrected chi connectivity index (χ4v) is 3.61. The van der Waals surface area contributed by atoms with E-state index in [9.17, 15) is 0 Å². The standard InChI is InChI=1S/C18H32N4OS.HI/c1-4-19-18(20-10-7-11-23-15-8-5-6-9-15)21-12-17-22-16(13-24-17)14(2)3;/h13-15H,4-12H2,1-3H3,(H2,19,20,21);1H.